The van der Waals surface area contributed by atoms with Crippen LogP contribution in [0.15, 0.2) is 67.0 Å². The van der Waals surface area contributed by atoms with Gasteiger partial charge in [0.25, 0.3) is 0 Å². The summed E-state index contributed by atoms with van der Waals surface area (Å²) >= 11 is 0. The molecule has 2 aliphatic heterocycles. The summed E-state index contributed by atoms with van der Waals surface area (Å²) in [6.45, 7) is 2.45. The Kier molecular flexibility index (Phi) is 4.12. The number of benzene rings is 2. The monoisotopic (exact) mass is 412 g/mol. The van der Waals surface area contributed by atoms with Crippen molar-refractivity contribution in [3.63, 3.8) is 0 Å². The maximum atomic E-state index is 13.6. The SMILES string of the molecule is CN1Cc2ccccc2-n2ccnc2C12CCN(C(=O)C1(c3ccccc3)CC1)CC2. The number of imidazole rings is 1. The number of aromatic nitrogens is 2. The van der Waals surface area contributed by atoms with Gasteiger partial charge >= 0.3 is 0 Å². The summed E-state index contributed by atoms with van der Waals surface area (Å²) in [5, 5.41) is 0. The molecule has 1 saturated heterocycles. The van der Waals surface area contributed by atoms with Crippen LogP contribution < -0.4 is 0 Å². The van der Waals surface area contributed by atoms with Gasteiger partial charge in [-0.25, -0.2) is 4.98 Å². The summed E-state index contributed by atoms with van der Waals surface area (Å²) in [6, 6.07) is 19.0. The second-order valence-corrected chi connectivity index (χ2v) is 9.38. The van der Waals surface area contributed by atoms with Crippen molar-refractivity contribution < 1.29 is 4.79 Å². The summed E-state index contributed by atoms with van der Waals surface area (Å²) in [4.78, 5) is 23.0. The molecule has 1 aromatic heterocycles. The molecule has 6 rings (SSSR count). The summed E-state index contributed by atoms with van der Waals surface area (Å²) in [6.07, 6.45) is 7.75. The van der Waals surface area contributed by atoms with E-state index in [0.717, 1.165) is 51.1 Å². The van der Waals surface area contributed by atoms with Gasteiger partial charge in [-0.05, 0) is 49.9 Å². The molecule has 1 aliphatic carbocycles. The van der Waals surface area contributed by atoms with E-state index >= 15 is 0 Å². The molecule has 5 nitrogen and oxygen atoms in total. The van der Waals surface area contributed by atoms with Crippen LogP contribution in [0.2, 0.25) is 0 Å². The molecular formula is C26H28N4O. The van der Waals surface area contributed by atoms with Crippen LogP contribution in [-0.2, 0) is 22.3 Å². The second kappa shape index (κ2) is 6.79. The number of hydrogen-bond donors (Lipinski definition) is 0. The Hall–Kier alpha value is -2.92. The van der Waals surface area contributed by atoms with Gasteiger partial charge in [-0.3, -0.25) is 9.69 Å². The van der Waals surface area contributed by atoms with Gasteiger partial charge in [0.1, 0.15) is 5.82 Å². The highest BCUT2D eigenvalue weighted by atomic mass is 16.2. The Morgan fingerprint density at radius 3 is 2.39 bits per heavy atom. The molecule has 2 aromatic carbocycles. The second-order valence-electron chi connectivity index (χ2n) is 9.38. The normalized spacial score (nSPS) is 21.3. The molecule has 5 heteroatoms. The van der Waals surface area contributed by atoms with Gasteiger partial charge < -0.3 is 9.47 Å². The first kappa shape index (κ1) is 18.8. The number of fused-ring (bicyclic) bond motifs is 4. The quantitative estimate of drug-likeness (QED) is 0.642. The summed E-state index contributed by atoms with van der Waals surface area (Å²) in [5.41, 5.74) is 3.29. The Bertz CT molecular complexity index is 1120. The molecule has 0 radical (unpaired) electrons. The molecule has 1 spiro atoms. The van der Waals surface area contributed by atoms with Crippen LogP contribution in [0.1, 0.15) is 42.6 Å². The molecule has 0 atom stereocenters. The van der Waals surface area contributed by atoms with Crippen LogP contribution in [-0.4, -0.2) is 45.4 Å². The highest BCUT2D eigenvalue weighted by Crippen LogP contribution is 2.51. The molecule has 2 fully saturated rings. The lowest BCUT2D eigenvalue weighted by Crippen LogP contribution is -2.54. The van der Waals surface area contributed by atoms with E-state index in [-0.39, 0.29) is 11.0 Å². The van der Waals surface area contributed by atoms with Gasteiger partial charge in [0.15, 0.2) is 0 Å². The zero-order valence-electron chi connectivity index (χ0n) is 18.0. The van der Waals surface area contributed by atoms with Gasteiger partial charge in [-0.15, -0.1) is 0 Å². The van der Waals surface area contributed by atoms with E-state index in [1.807, 2.05) is 24.4 Å². The minimum Gasteiger partial charge on any atom is -0.342 e. The number of hydrogen-bond acceptors (Lipinski definition) is 3. The molecule has 31 heavy (non-hydrogen) atoms. The van der Waals surface area contributed by atoms with Gasteiger partial charge in [0.05, 0.1) is 16.6 Å². The fourth-order valence-electron chi connectivity index (χ4n) is 5.80. The minimum atomic E-state index is -0.282. The van der Waals surface area contributed by atoms with Crippen LogP contribution in [0.25, 0.3) is 5.69 Å². The lowest BCUT2D eigenvalue weighted by Gasteiger charge is -2.46. The van der Waals surface area contributed by atoms with Gasteiger partial charge in [-0.2, -0.15) is 0 Å². The molecule has 158 valence electrons. The number of amides is 1. The molecule has 3 aliphatic rings. The summed E-state index contributed by atoms with van der Waals surface area (Å²) < 4.78 is 2.27. The van der Waals surface area contributed by atoms with Crippen molar-refractivity contribution in [1.29, 1.82) is 0 Å². The Balaban J connectivity index is 1.29. The van der Waals surface area contributed by atoms with Gasteiger partial charge in [-0.1, -0.05) is 48.5 Å². The number of carbonyl (C=O) groups excluding carboxylic acids is 1. The van der Waals surface area contributed by atoms with Crippen molar-refractivity contribution in [3.8, 4) is 5.69 Å². The van der Waals surface area contributed by atoms with Crippen molar-refractivity contribution in [1.82, 2.24) is 19.4 Å². The van der Waals surface area contributed by atoms with Crippen molar-refractivity contribution in [2.24, 2.45) is 0 Å². The van der Waals surface area contributed by atoms with Crippen molar-refractivity contribution in [2.75, 3.05) is 20.1 Å². The first-order valence-electron chi connectivity index (χ1n) is 11.3. The number of likely N-dealkylation sites (tertiary alicyclic amines) is 1. The standard InChI is InChI=1S/C26H28N4O/c1-28-19-20-7-5-6-10-22(20)30-18-15-27-23(30)26(28)13-16-29(17-14-26)24(31)25(11-12-25)21-8-3-2-4-9-21/h2-10,15,18H,11-14,16-17,19H2,1H3. The third-order valence-corrected chi connectivity index (χ3v) is 7.81. The predicted molar refractivity (Wildman–Crippen MR) is 120 cm³/mol. The van der Waals surface area contributed by atoms with Crippen LogP contribution in [0.4, 0.5) is 0 Å². The van der Waals surface area contributed by atoms with Crippen LogP contribution in [0.3, 0.4) is 0 Å². The number of para-hydroxylation sites is 1. The first-order chi connectivity index (χ1) is 15.1. The molecule has 1 amide bonds. The van der Waals surface area contributed by atoms with E-state index < -0.39 is 0 Å². The van der Waals surface area contributed by atoms with Crippen LogP contribution in [0.5, 0.6) is 0 Å². The lowest BCUT2D eigenvalue weighted by molar-refractivity contribution is -0.137. The van der Waals surface area contributed by atoms with Crippen LogP contribution >= 0.6 is 0 Å². The average Bonchev–Trinajstić information content (AvgIpc) is 3.50. The van der Waals surface area contributed by atoms with Gasteiger partial charge in [0.2, 0.25) is 5.91 Å². The zero-order chi connectivity index (χ0) is 21.1. The molecule has 3 aromatic rings. The summed E-state index contributed by atoms with van der Waals surface area (Å²) in [7, 11) is 2.21. The summed E-state index contributed by atoms with van der Waals surface area (Å²) in [5.74, 6) is 1.42. The molecule has 0 N–H and O–H groups in total. The van der Waals surface area contributed by atoms with E-state index in [2.05, 4.69) is 64.0 Å². The first-order valence-corrected chi connectivity index (χ1v) is 11.3. The molecule has 0 unspecified atom stereocenters. The predicted octanol–water partition coefficient (Wildman–Crippen LogP) is 3.87. The van der Waals surface area contributed by atoms with Crippen LogP contribution in [0, 0.1) is 0 Å². The largest absolute Gasteiger partial charge is 0.342 e. The third kappa shape index (κ3) is 2.72. The van der Waals surface area contributed by atoms with E-state index in [1.54, 1.807) is 0 Å². The molecule has 3 heterocycles. The highest BCUT2D eigenvalue weighted by Gasteiger charge is 2.54. The molecule has 1 saturated carbocycles. The van der Waals surface area contributed by atoms with E-state index in [9.17, 15) is 4.79 Å². The topological polar surface area (TPSA) is 41.4 Å². The number of rotatable bonds is 2. The van der Waals surface area contributed by atoms with E-state index in [1.165, 1.54) is 16.8 Å². The van der Waals surface area contributed by atoms with Crippen molar-refractivity contribution in [2.45, 2.75) is 43.2 Å². The number of piperidine rings is 1. The molecule has 0 bridgehead atoms. The fourth-order valence-corrected chi connectivity index (χ4v) is 5.80. The van der Waals surface area contributed by atoms with Crippen molar-refractivity contribution >= 4 is 5.91 Å². The maximum Gasteiger partial charge on any atom is 0.233 e. The third-order valence-electron chi connectivity index (χ3n) is 7.81. The zero-order valence-corrected chi connectivity index (χ0v) is 18.0. The maximum absolute atomic E-state index is 13.6. The highest BCUT2D eigenvalue weighted by molar-refractivity contribution is 5.91. The van der Waals surface area contributed by atoms with Crippen molar-refractivity contribution in [3.05, 3.63) is 83.9 Å². The van der Waals surface area contributed by atoms with E-state index in [4.69, 9.17) is 4.98 Å². The Labute approximate surface area is 183 Å². The molecular weight excluding hydrogens is 384 g/mol. The lowest BCUT2D eigenvalue weighted by atomic mass is 9.83. The number of nitrogens with zero attached hydrogens (tertiary/aromatic N) is 4. The van der Waals surface area contributed by atoms with Gasteiger partial charge in [0, 0.05) is 32.0 Å². The Morgan fingerprint density at radius 2 is 1.65 bits per heavy atom. The minimum absolute atomic E-state index is 0.150. The van der Waals surface area contributed by atoms with E-state index in [0.29, 0.717) is 5.91 Å². The number of carbonyl (C=O) groups is 1. The fraction of sp³-hybridized carbons (Fsp3) is 0.385. The average molecular weight is 413 g/mol. The Morgan fingerprint density at radius 1 is 0.935 bits per heavy atom. The smallest absolute Gasteiger partial charge is 0.233 e.